The van der Waals surface area contributed by atoms with Gasteiger partial charge in [-0.25, -0.2) is 0 Å². The number of rotatable bonds is 5. The molecule has 0 spiro atoms. The number of halogens is 1. The second-order valence-corrected chi connectivity index (χ2v) is 8.20. The molecule has 0 bridgehead atoms. The predicted molar refractivity (Wildman–Crippen MR) is 117 cm³/mol. The van der Waals surface area contributed by atoms with Crippen molar-refractivity contribution < 1.29 is 9.59 Å². The first kappa shape index (κ1) is 19.6. The molecule has 0 radical (unpaired) electrons. The molecule has 29 heavy (non-hydrogen) atoms. The van der Waals surface area contributed by atoms with Crippen LogP contribution >= 0.6 is 23.4 Å². The van der Waals surface area contributed by atoms with E-state index >= 15 is 0 Å². The van der Waals surface area contributed by atoms with E-state index in [0.29, 0.717) is 29.4 Å². The van der Waals surface area contributed by atoms with E-state index in [9.17, 15) is 9.59 Å². The molecular formula is C23H19ClN2O2S. The van der Waals surface area contributed by atoms with Gasteiger partial charge in [0.15, 0.2) is 0 Å². The van der Waals surface area contributed by atoms with Crippen LogP contribution in [0.2, 0.25) is 5.02 Å². The Morgan fingerprint density at radius 3 is 2.52 bits per heavy atom. The average Bonchev–Trinajstić information content (AvgIpc) is 2.76. The van der Waals surface area contributed by atoms with Crippen LogP contribution in [0.3, 0.4) is 0 Å². The number of anilines is 1. The molecule has 0 saturated heterocycles. The number of carbonyl (C=O) groups excluding carboxylic acids is 2. The lowest BCUT2D eigenvalue weighted by atomic mass is 10.1. The molecule has 4 nitrogen and oxygen atoms in total. The highest BCUT2D eigenvalue weighted by Crippen LogP contribution is 2.37. The molecule has 0 saturated carbocycles. The molecule has 1 aliphatic heterocycles. The molecule has 4 rings (SSSR count). The Balaban J connectivity index is 1.55. The van der Waals surface area contributed by atoms with Crippen molar-refractivity contribution in [2.45, 2.75) is 18.0 Å². The van der Waals surface area contributed by atoms with Crippen molar-refractivity contribution in [3.63, 3.8) is 0 Å². The van der Waals surface area contributed by atoms with E-state index in [-0.39, 0.29) is 11.8 Å². The Bertz CT molecular complexity index is 1040. The van der Waals surface area contributed by atoms with E-state index in [0.717, 1.165) is 21.7 Å². The summed E-state index contributed by atoms with van der Waals surface area (Å²) in [6.45, 7) is 0.900. The van der Waals surface area contributed by atoms with Gasteiger partial charge in [-0.1, -0.05) is 54.1 Å². The fourth-order valence-electron chi connectivity index (χ4n) is 3.17. The summed E-state index contributed by atoms with van der Waals surface area (Å²) < 4.78 is 0. The monoisotopic (exact) mass is 422 g/mol. The fourth-order valence-corrected chi connectivity index (χ4v) is 4.21. The van der Waals surface area contributed by atoms with Crippen LogP contribution in [0.25, 0.3) is 0 Å². The third-order valence-electron chi connectivity index (χ3n) is 4.71. The Labute approximate surface area is 178 Å². The molecule has 2 amide bonds. The van der Waals surface area contributed by atoms with Gasteiger partial charge in [-0.05, 0) is 41.5 Å². The standard InChI is InChI=1S/C23H19ClN2O2S/c24-19-9-6-17(7-10-19)14-26-20-12-18(8-11-21(20)29-15-22(26)27)23(28)25-13-16-4-2-1-3-5-16/h1-12H,13-15H2,(H,25,28). The molecule has 0 aromatic heterocycles. The molecule has 1 aliphatic rings. The maximum atomic E-state index is 12.7. The molecule has 146 valence electrons. The summed E-state index contributed by atoms with van der Waals surface area (Å²) in [5.41, 5.74) is 3.33. The summed E-state index contributed by atoms with van der Waals surface area (Å²) in [4.78, 5) is 28.0. The average molecular weight is 423 g/mol. The summed E-state index contributed by atoms with van der Waals surface area (Å²) in [6, 6.07) is 22.7. The highest BCUT2D eigenvalue weighted by molar-refractivity contribution is 8.00. The summed E-state index contributed by atoms with van der Waals surface area (Å²) >= 11 is 7.47. The van der Waals surface area contributed by atoms with Gasteiger partial charge < -0.3 is 10.2 Å². The second-order valence-electron chi connectivity index (χ2n) is 6.75. The SMILES string of the molecule is O=C(NCc1ccccc1)c1ccc2c(c1)N(Cc1ccc(Cl)cc1)C(=O)CS2. The van der Waals surface area contributed by atoms with Gasteiger partial charge in [-0.15, -0.1) is 11.8 Å². The zero-order valence-corrected chi connectivity index (χ0v) is 17.2. The van der Waals surface area contributed by atoms with Crippen molar-refractivity contribution >= 4 is 40.9 Å². The molecule has 0 aliphatic carbocycles. The Morgan fingerprint density at radius 2 is 1.76 bits per heavy atom. The van der Waals surface area contributed by atoms with E-state index in [4.69, 9.17) is 11.6 Å². The summed E-state index contributed by atoms with van der Waals surface area (Å²) in [6.07, 6.45) is 0. The van der Waals surface area contributed by atoms with Crippen LogP contribution < -0.4 is 10.2 Å². The van der Waals surface area contributed by atoms with Gasteiger partial charge in [0.25, 0.3) is 5.91 Å². The van der Waals surface area contributed by atoms with Gasteiger partial charge >= 0.3 is 0 Å². The topological polar surface area (TPSA) is 49.4 Å². The zero-order chi connectivity index (χ0) is 20.2. The van der Waals surface area contributed by atoms with Crippen molar-refractivity contribution in [2.24, 2.45) is 0 Å². The molecule has 6 heteroatoms. The maximum absolute atomic E-state index is 12.7. The van der Waals surface area contributed by atoms with Gasteiger partial charge in [0.2, 0.25) is 5.91 Å². The number of hydrogen-bond acceptors (Lipinski definition) is 3. The number of hydrogen-bond donors (Lipinski definition) is 1. The molecule has 0 fully saturated rings. The number of thioether (sulfide) groups is 1. The van der Waals surface area contributed by atoms with Gasteiger partial charge in [-0.3, -0.25) is 9.59 Å². The molecule has 3 aromatic carbocycles. The van der Waals surface area contributed by atoms with Crippen molar-refractivity contribution in [2.75, 3.05) is 10.7 Å². The predicted octanol–water partition coefficient (Wildman–Crippen LogP) is 4.91. The lowest BCUT2D eigenvalue weighted by Crippen LogP contribution is -2.35. The Hall–Kier alpha value is -2.76. The highest BCUT2D eigenvalue weighted by Gasteiger charge is 2.26. The molecule has 1 N–H and O–H groups in total. The normalized spacial score (nSPS) is 13.1. The Morgan fingerprint density at radius 1 is 1.00 bits per heavy atom. The number of fused-ring (bicyclic) bond motifs is 1. The van der Waals surface area contributed by atoms with E-state index in [1.54, 1.807) is 11.0 Å². The molecule has 1 heterocycles. The Kier molecular flexibility index (Phi) is 5.88. The van der Waals surface area contributed by atoms with Crippen LogP contribution in [0.1, 0.15) is 21.5 Å². The minimum atomic E-state index is -0.161. The lowest BCUT2D eigenvalue weighted by molar-refractivity contribution is -0.116. The van der Waals surface area contributed by atoms with Gasteiger partial charge in [0, 0.05) is 22.0 Å². The first-order chi connectivity index (χ1) is 14.1. The zero-order valence-electron chi connectivity index (χ0n) is 15.6. The van der Waals surface area contributed by atoms with Crippen molar-refractivity contribution in [1.29, 1.82) is 0 Å². The van der Waals surface area contributed by atoms with Crippen molar-refractivity contribution in [1.82, 2.24) is 5.32 Å². The van der Waals surface area contributed by atoms with Crippen LogP contribution in [0, 0.1) is 0 Å². The first-order valence-electron chi connectivity index (χ1n) is 9.24. The van der Waals surface area contributed by atoms with Gasteiger partial charge in [0.1, 0.15) is 0 Å². The number of nitrogens with one attached hydrogen (secondary N) is 1. The minimum Gasteiger partial charge on any atom is -0.348 e. The summed E-state index contributed by atoms with van der Waals surface area (Å²) in [5, 5.41) is 3.60. The highest BCUT2D eigenvalue weighted by atomic mass is 35.5. The molecule has 0 unspecified atom stereocenters. The van der Waals surface area contributed by atoms with E-state index < -0.39 is 0 Å². The fraction of sp³-hybridized carbons (Fsp3) is 0.130. The van der Waals surface area contributed by atoms with E-state index in [1.165, 1.54) is 11.8 Å². The van der Waals surface area contributed by atoms with Gasteiger partial charge in [0.05, 0.1) is 18.0 Å². The van der Waals surface area contributed by atoms with Crippen LogP contribution in [0.5, 0.6) is 0 Å². The number of carbonyl (C=O) groups is 2. The van der Waals surface area contributed by atoms with Crippen LogP contribution in [-0.4, -0.2) is 17.6 Å². The number of nitrogens with zero attached hydrogens (tertiary/aromatic N) is 1. The smallest absolute Gasteiger partial charge is 0.251 e. The summed E-state index contributed by atoms with van der Waals surface area (Å²) in [5.74, 6) is 0.255. The van der Waals surface area contributed by atoms with Crippen LogP contribution in [-0.2, 0) is 17.9 Å². The molecule has 3 aromatic rings. The van der Waals surface area contributed by atoms with E-state index in [2.05, 4.69) is 5.32 Å². The number of amides is 2. The van der Waals surface area contributed by atoms with Crippen molar-refractivity contribution in [3.05, 3.63) is 94.5 Å². The van der Waals surface area contributed by atoms with Crippen molar-refractivity contribution in [3.8, 4) is 0 Å². The third kappa shape index (κ3) is 4.63. The number of benzene rings is 3. The minimum absolute atomic E-state index is 0.0271. The maximum Gasteiger partial charge on any atom is 0.251 e. The second kappa shape index (κ2) is 8.72. The summed E-state index contributed by atoms with van der Waals surface area (Å²) in [7, 11) is 0. The van der Waals surface area contributed by atoms with E-state index in [1.807, 2.05) is 66.7 Å². The molecule has 0 atom stereocenters. The third-order valence-corrected chi connectivity index (χ3v) is 6.01. The quantitative estimate of drug-likeness (QED) is 0.635. The largest absolute Gasteiger partial charge is 0.348 e. The van der Waals surface area contributed by atoms with Crippen LogP contribution in [0.15, 0.2) is 77.7 Å². The van der Waals surface area contributed by atoms with Crippen LogP contribution in [0.4, 0.5) is 5.69 Å². The lowest BCUT2D eigenvalue weighted by Gasteiger charge is -2.29. The van der Waals surface area contributed by atoms with Gasteiger partial charge in [-0.2, -0.15) is 0 Å². The molecular weight excluding hydrogens is 404 g/mol. The first-order valence-corrected chi connectivity index (χ1v) is 10.6.